The minimum absolute atomic E-state index is 0.173. The molecular weight excluding hydrogens is 366 g/mol. The van der Waals surface area contributed by atoms with Gasteiger partial charge < -0.3 is 0 Å². The summed E-state index contributed by atoms with van der Waals surface area (Å²) in [4.78, 5) is 22.2. The molecule has 0 spiro atoms. The molecule has 0 saturated carbocycles. The zero-order chi connectivity index (χ0) is 13.4. The second kappa shape index (κ2) is 8.33. The van der Waals surface area contributed by atoms with Crippen LogP contribution in [0, 0.1) is 0 Å². The number of rotatable bonds is 6. The van der Waals surface area contributed by atoms with E-state index in [9.17, 15) is 9.59 Å². The molecule has 0 heterocycles. The van der Waals surface area contributed by atoms with Crippen LogP contribution in [0.2, 0.25) is 0 Å². The molecule has 0 aromatic heterocycles. The molecule has 18 heavy (non-hydrogen) atoms. The van der Waals surface area contributed by atoms with Crippen molar-refractivity contribution in [2.75, 3.05) is 13.2 Å². The Balaban J connectivity index is 2.52. The van der Waals surface area contributed by atoms with E-state index < -0.39 is 0 Å². The molecule has 0 saturated heterocycles. The van der Waals surface area contributed by atoms with Crippen LogP contribution < -0.4 is 8.92 Å². The van der Waals surface area contributed by atoms with E-state index in [0.29, 0.717) is 13.2 Å². The van der Waals surface area contributed by atoms with E-state index in [0.717, 1.165) is 8.92 Å². The van der Waals surface area contributed by atoms with Gasteiger partial charge in [-0.2, -0.15) is 0 Å². The quantitative estimate of drug-likeness (QED) is 0.681. The Morgan fingerprint density at radius 1 is 0.889 bits per heavy atom. The maximum atomic E-state index is 11.3. The van der Waals surface area contributed by atoms with Gasteiger partial charge in [0, 0.05) is 0 Å². The summed E-state index contributed by atoms with van der Waals surface area (Å²) in [5.74, 6) is 0. The normalized spacial score (nSPS) is 9.89. The fourth-order valence-electron chi connectivity index (χ4n) is 1.06. The van der Waals surface area contributed by atoms with Gasteiger partial charge >= 0.3 is 119 Å². The Morgan fingerprint density at radius 3 is 1.50 bits per heavy atom. The van der Waals surface area contributed by atoms with E-state index in [-0.39, 0.29) is 39.6 Å². The molecule has 0 unspecified atom stereocenters. The second-order valence-corrected chi connectivity index (χ2v) is 7.27. The topological polar surface area (TPSA) is 52.6 Å². The van der Waals surface area contributed by atoms with Crippen molar-refractivity contribution in [3.05, 3.63) is 24.3 Å². The molecule has 6 heteroatoms. The van der Waals surface area contributed by atoms with Crippen molar-refractivity contribution in [2.45, 2.75) is 13.8 Å². The van der Waals surface area contributed by atoms with Gasteiger partial charge in [-0.3, -0.25) is 0 Å². The third kappa shape index (κ3) is 5.69. The third-order valence-electron chi connectivity index (χ3n) is 1.75. The molecule has 0 aliphatic carbocycles. The van der Waals surface area contributed by atoms with E-state index in [4.69, 9.17) is 9.47 Å². The molecule has 1 rings (SSSR count). The Morgan fingerprint density at radius 2 is 1.22 bits per heavy atom. The monoisotopic (exact) mass is 382 g/mol. The molecule has 98 valence electrons. The number of carbonyl (C=O) groups excluding carboxylic acids is 2. The molecular formula is C12H14O4Se2. The summed E-state index contributed by atoms with van der Waals surface area (Å²) < 4.78 is 11.7. The summed E-state index contributed by atoms with van der Waals surface area (Å²) in [6.07, 6.45) is 0. The average molecular weight is 380 g/mol. The van der Waals surface area contributed by atoms with Gasteiger partial charge in [-0.05, 0) is 0 Å². The van der Waals surface area contributed by atoms with Crippen molar-refractivity contribution >= 4 is 48.6 Å². The van der Waals surface area contributed by atoms with Crippen LogP contribution in [0.5, 0.6) is 0 Å². The molecule has 0 aliphatic rings. The number of benzene rings is 1. The van der Waals surface area contributed by atoms with Crippen LogP contribution >= 0.6 is 0 Å². The third-order valence-corrected chi connectivity index (χ3v) is 5.08. The second-order valence-electron chi connectivity index (χ2n) is 3.04. The Kier molecular flexibility index (Phi) is 7.06. The summed E-state index contributed by atoms with van der Waals surface area (Å²) in [5, 5.41) is 0. The van der Waals surface area contributed by atoms with E-state index >= 15 is 0 Å². The van der Waals surface area contributed by atoms with Crippen molar-refractivity contribution in [1.29, 1.82) is 0 Å². The summed E-state index contributed by atoms with van der Waals surface area (Å²) in [6, 6.07) is 7.47. The van der Waals surface area contributed by atoms with Gasteiger partial charge in [-0.15, -0.1) is 0 Å². The van der Waals surface area contributed by atoms with Gasteiger partial charge in [0.1, 0.15) is 0 Å². The minimum atomic E-state index is -0.314. The van der Waals surface area contributed by atoms with E-state index in [1.165, 1.54) is 0 Å². The fraction of sp³-hybridized carbons (Fsp3) is 0.333. The number of hydrogen-bond acceptors (Lipinski definition) is 4. The summed E-state index contributed by atoms with van der Waals surface area (Å²) >= 11 is -0.628. The van der Waals surface area contributed by atoms with E-state index in [1.807, 2.05) is 24.3 Å². The number of carbonyl (C=O) groups is 2. The van der Waals surface area contributed by atoms with Crippen molar-refractivity contribution in [2.24, 2.45) is 0 Å². The van der Waals surface area contributed by atoms with E-state index in [1.54, 1.807) is 13.8 Å². The standard InChI is InChI=1S/C12H14O4Se2/c1-3-15-11(13)17-9-5-7-10(8-6-9)18-12(14)16-4-2/h5-8H,3-4H2,1-2H3. The first-order valence-corrected chi connectivity index (χ1v) is 8.87. The summed E-state index contributed by atoms with van der Waals surface area (Å²) in [5.41, 5.74) is 0. The van der Waals surface area contributed by atoms with Crippen LogP contribution in [0.1, 0.15) is 13.8 Å². The summed E-state index contributed by atoms with van der Waals surface area (Å²) in [7, 11) is 0. The van der Waals surface area contributed by atoms with Crippen LogP contribution in [0.25, 0.3) is 0 Å². The average Bonchev–Trinajstić information content (AvgIpc) is 2.32. The predicted octanol–water partition coefficient (Wildman–Crippen LogP) is 0.659. The van der Waals surface area contributed by atoms with Crippen LogP contribution in [0.15, 0.2) is 24.3 Å². The molecule has 4 nitrogen and oxygen atoms in total. The summed E-state index contributed by atoms with van der Waals surface area (Å²) in [6.45, 7) is 4.40. The van der Waals surface area contributed by atoms with Gasteiger partial charge in [0.15, 0.2) is 0 Å². The Hall–Kier alpha value is -0.801. The predicted molar refractivity (Wildman–Crippen MR) is 71.3 cm³/mol. The van der Waals surface area contributed by atoms with Gasteiger partial charge in [-0.25, -0.2) is 0 Å². The molecule has 0 atom stereocenters. The van der Waals surface area contributed by atoms with Gasteiger partial charge in [0.25, 0.3) is 0 Å². The van der Waals surface area contributed by atoms with Crippen molar-refractivity contribution in [3.63, 3.8) is 0 Å². The van der Waals surface area contributed by atoms with Crippen molar-refractivity contribution in [1.82, 2.24) is 0 Å². The first-order valence-electron chi connectivity index (χ1n) is 5.45. The first kappa shape index (κ1) is 15.3. The number of ether oxygens (including phenoxy) is 2. The van der Waals surface area contributed by atoms with Crippen LogP contribution in [0.4, 0.5) is 9.59 Å². The molecule has 0 aliphatic heterocycles. The van der Waals surface area contributed by atoms with Crippen LogP contribution in [-0.4, -0.2) is 52.9 Å². The van der Waals surface area contributed by atoms with Crippen LogP contribution in [-0.2, 0) is 9.47 Å². The van der Waals surface area contributed by atoms with Crippen molar-refractivity contribution in [3.8, 4) is 0 Å². The van der Waals surface area contributed by atoms with Gasteiger partial charge in [0.05, 0.1) is 0 Å². The molecule has 0 bridgehead atoms. The Bertz CT molecular complexity index is 364. The van der Waals surface area contributed by atoms with Crippen molar-refractivity contribution < 1.29 is 19.1 Å². The first-order chi connectivity index (χ1) is 8.65. The van der Waals surface area contributed by atoms with Gasteiger partial charge in [-0.1, -0.05) is 0 Å². The van der Waals surface area contributed by atoms with Crippen LogP contribution in [0.3, 0.4) is 0 Å². The van der Waals surface area contributed by atoms with Gasteiger partial charge in [0.2, 0.25) is 0 Å². The molecule has 1 aromatic carbocycles. The van der Waals surface area contributed by atoms with E-state index in [2.05, 4.69) is 0 Å². The molecule has 0 amide bonds. The number of hydrogen-bond donors (Lipinski definition) is 0. The SMILES string of the molecule is CCOC(=O)[Se]c1ccc([Se]C(=O)OCC)cc1. The Labute approximate surface area is 119 Å². The molecule has 0 fully saturated rings. The zero-order valence-corrected chi connectivity index (χ0v) is 13.6. The maximum absolute atomic E-state index is 11.3. The zero-order valence-electron chi connectivity index (χ0n) is 10.2. The fourth-order valence-corrected chi connectivity index (χ4v) is 3.75. The molecule has 1 aromatic rings. The molecule has 0 radical (unpaired) electrons. The molecule has 0 N–H and O–H groups in total.